The predicted octanol–water partition coefficient (Wildman–Crippen LogP) is 4.97. The Bertz CT molecular complexity index is 950. The zero-order valence-corrected chi connectivity index (χ0v) is 18.8. The summed E-state index contributed by atoms with van der Waals surface area (Å²) in [5.74, 6) is -2.14. The highest BCUT2D eigenvalue weighted by Gasteiger charge is 2.30. The summed E-state index contributed by atoms with van der Waals surface area (Å²) >= 11 is 18.0. The van der Waals surface area contributed by atoms with Crippen LogP contribution in [-0.2, 0) is 14.3 Å². The molecule has 0 saturated heterocycles. The molecule has 0 bridgehead atoms. The van der Waals surface area contributed by atoms with Crippen LogP contribution in [0.2, 0.25) is 15.1 Å². The standard InChI is InChI=1S/C21H21Cl3N2O4/c1-11(2)18(26-20(28)14-6-4-5-7-15(14)23)21(29)30-12(3)19(27)25-17-10-13(22)8-9-16(17)24/h4-12,18H,1-3H3,(H,25,27)(H,26,28)/t12-,18+/m1/s1. The van der Waals surface area contributed by atoms with Gasteiger partial charge < -0.3 is 15.4 Å². The van der Waals surface area contributed by atoms with E-state index in [0.29, 0.717) is 15.7 Å². The number of esters is 1. The number of rotatable bonds is 7. The quantitative estimate of drug-likeness (QED) is 0.558. The Morgan fingerprint density at radius 2 is 1.60 bits per heavy atom. The highest BCUT2D eigenvalue weighted by molar-refractivity contribution is 6.35. The van der Waals surface area contributed by atoms with E-state index in [2.05, 4.69) is 10.6 Å². The number of ether oxygens (including phenoxy) is 1. The molecule has 30 heavy (non-hydrogen) atoms. The molecule has 9 heteroatoms. The van der Waals surface area contributed by atoms with Gasteiger partial charge in [0.15, 0.2) is 6.10 Å². The minimum Gasteiger partial charge on any atom is -0.451 e. The van der Waals surface area contributed by atoms with Gasteiger partial charge in [-0.2, -0.15) is 0 Å². The predicted molar refractivity (Wildman–Crippen MR) is 118 cm³/mol. The van der Waals surface area contributed by atoms with E-state index in [1.165, 1.54) is 19.1 Å². The van der Waals surface area contributed by atoms with Crippen LogP contribution in [0.1, 0.15) is 31.1 Å². The number of anilines is 1. The van der Waals surface area contributed by atoms with Gasteiger partial charge in [-0.15, -0.1) is 0 Å². The van der Waals surface area contributed by atoms with Crippen LogP contribution in [0, 0.1) is 5.92 Å². The number of carbonyl (C=O) groups excluding carboxylic acids is 3. The Morgan fingerprint density at radius 3 is 2.23 bits per heavy atom. The molecule has 2 aromatic rings. The van der Waals surface area contributed by atoms with Crippen molar-refractivity contribution in [2.75, 3.05) is 5.32 Å². The molecule has 0 fully saturated rings. The second-order valence-corrected chi connectivity index (χ2v) is 8.12. The van der Waals surface area contributed by atoms with E-state index < -0.39 is 29.9 Å². The lowest BCUT2D eigenvalue weighted by Crippen LogP contribution is -2.47. The molecule has 2 N–H and O–H groups in total. The van der Waals surface area contributed by atoms with Gasteiger partial charge in [0, 0.05) is 5.02 Å². The summed E-state index contributed by atoms with van der Waals surface area (Å²) in [5, 5.41) is 6.12. The normalized spacial score (nSPS) is 12.8. The summed E-state index contributed by atoms with van der Waals surface area (Å²) in [6.07, 6.45) is -1.13. The molecule has 0 aliphatic heterocycles. The van der Waals surface area contributed by atoms with Crippen LogP contribution in [0.15, 0.2) is 42.5 Å². The number of carbonyl (C=O) groups is 3. The van der Waals surface area contributed by atoms with Crippen molar-refractivity contribution >= 4 is 58.3 Å². The molecular formula is C21H21Cl3N2O4. The first-order chi connectivity index (χ1) is 14.1. The summed E-state index contributed by atoms with van der Waals surface area (Å²) in [6, 6.07) is 10.1. The lowest BCUT2D eigenvalue weighted by Gasteiger charge is -2.23. The van der Waals surface area contributed by atoms with Crippen molar-refractivity contribution in [2.45, 2.75) is 32.9 Å². The first kappa shape index (κ1) is 24.0. The van der Waals surface area contributed by atoms with Crippen molar-refractivity contribution in [3.63, 3.8) is 0 Å². The van der Waals surface area contributed by atoms with Crippen molar-refractivity contribution in [3.8, 4) is 0 Å². The van der Waals surface area contributed by atoms with Crippen molar-refractivity contribution < 1.29 is 19.1 Å². The summed E-state index contributed by atoms with van der Waals surface area (Å²) in [7, 11) is 0. The third kappa shape index (κ3) is 6.36. The molecule has 0 heterocycles. The van der Waals surface area contributed by atoms with Crippen LogP contribution in [0.25, 0.3) is 0 Å². The molecule has 2 aromatic carbocycles. The van der Waals surface area contributed by atoms with Gasteiger partial charge in [-0.1, -0.05) is 60.8 Å². The number of halogens is 3. The number of benzene rings is 2. The molecule has 2 amide bonds. The van der Waals surface area contributed by atoms with E-state index in [4.69, 9.17) is 39.5 Å². The molecule has 0 aromatic heterocycles. The zero-order valence-electron chi connectivity index (χ0n) is 16.5. The van der Waals surface area contributed by atoms with Gasteiger partial charge >= 0.3 is 5.97 Å². The SMILES string of the molecule is CC(C)[C@H](NC(=O)c1ccccc1Cl)C(=O)O[C@H](C)C(=O)Nc1cc(Cl)ccc1Cl. The number of hydrogen-bond acceptors (Lipinski definition) is 4. The third-order valence-electron chi connectivity index (χ3n) is 4.17. The van der Waals surface area contributed by atoms with Crippen molar-refractivity contribution in [3.05, 3.63) is 63.1 Å². The minimum absolute atomic E-state index is 0.235. The molecule has 0 unspecified atom stereocenters. The molecule has 160 valence electrons. The van der Waals surface area contributed by atoms with E-state index in [-0.39, 0.29) is 16.5 Å². The first-order valence-corrected chi connectivity index (χ1v) is 10.2. The van der Waals surface area contributed by atoms with E-state index in [1.807, 2.05) is 0 Å². The first-order valence-electron chi connectivity index (χ1n) is 9.12. The monoisotopic (exact) mass is 470 g/mol. The topological polar surface area (TPSA) is 84.5 Å². The Kier molecular flexibility index (Phi) is 8.53. The molecule has 0 aliphatic carbocycles. The Balaban J connectivity index is 2.05. The van der Waals surface area contributed by atoms with Crippen LogP contribution in [0.5, 0.6) is 0 Å². The van der Waals surface area contributed by atoms with Crippen molar-refractivity contribution in [2.24, 2.45) is 5.92 Å². The highest BCUT2D eigenvalue weighted by atomic mass is 35.5. The smallest absolute Gasteiger partial charge is 0.329 e. The molecule has 2 rings (SSSR count). The van der Waals surface area contributed by atoms with Gasteiger partial charge in [0.2, 0.25) is 0 Å². The number of nitrogens with one attached hydrogen (secondary N) is 2. The van der Waals surface area contributed by atoms with Gasteiger partial charge in [0.25, 0.3) is 11.8 Å². The van der Waals surface area contributed by atoms with Gasteiger partial charge in [-0.3, -0.25) is 9.59 Å². The summed E-state index contributed by atoms with van der Waals surface area (Å²) in [5.41, 5.74) is 0.531. The van der Waals surface area contributed by atoms with Crippen molar-refractivity contribution in [1.82, 2.24) is 5.32 Å². The van der Waals surface area contributed by atoms with Gasteiger partial charge in [0.1, 0.15) is 6.04 Å². The molecule has 0 spiro atoms. The van der Waals surface area contributed by atoms with Crippen LogP contribution in [0.3, 0.4) is 0 Å². The fraction of sp³-hybridized carbons (Fsp3) is 0.286. The second kappa shape index (κ2) is 10.7. The van der Waals surface area contributed by atoms with E-state index >= 15 is 0 Å². The maximum Gasteiger partial charge on any atom is 0.329 e. The molecule has 0 saturated carbocycles. The lowest BCUT2D eigenvalue weighted by atomic mass is 10.0. The Labute approximate surface area is 189 Å². The molecule has 0 aliphatic rings. The third-order valence-corrected chi connectivity index (χ3v) is 5.07. The lowest BCUT2D eigenvalue weighted by molar-refractivity contribution is -0.156. The number of hydrogen-bond donors (Lipinski definition) is 2. The van der Waals surface area contributed by atoms with Gasteiger partial charge in [-0.25, -0.2) is 4.79 Å². The minimum atomic E-state index is -1.13. The average Bonchev–Trinajstić information content (AvgIpc) is 2.68. The summed E-state index contributed by atoms with van der Waals surface area (Å²) in [4.78, 5) is 37.5. The Hall–Kier alpha value is -2.28. The maximum atomic E-state index is 12.6. The second-order valence-electron chi connectivity index (χ2n) is 6.87. The fourth-order valence-corrected chi connectivity index (χ4v) is 3.05. The maximum absolute atomic E-state index is 12.6. The zero-order chi connectivity index (χ0) is 22.4. The number of amides is 2. The highest BCUT2D eigenvalue weighted by Crippen LogP contribution is 2.25. The van der Waals surface area contributed by atoms with E-state index in [0.717, 1.165) is 0 Å². The Morgan fingerprint density at radius 1 is 0.933 bits per heavy atom. The summed E-state index contributed by atoms with van der Waals surface area (Å²) < 4.78 is 5.27. The molecule has 6 nitrogen and oxygen atoms in total. The largest absolute Gasteiger partial charge is 0.451 e. The fourth-order valence-electron chi connectivity index (χ4n) is 2.49. The molecular weight excluding hydrogens is 451 g/mol. The van der Waals surface area contributed by atoms with Crippen molar-refractivity contribution in [1.29, 1.82) is 0 Å². The molecule has 0 radical (unpaired) electrons. The van der Waals surface area contributed by atoms with E-state index in [9.17, 15) is 14.4 Å². The summed E-state index contributed by atoms with van der Waals surface area (Å²) in [6.45, 7) is 4.91. The van der Waals surface area contributed by atoms with Crippen LogP contribution < -0.4 is 10.6 Å². The van der Waals surface area contributed by atoms with Gasteiger partial charge in [0.05, 0.1) is 21.3 Å². The van der Waals surface area contributed by atoms with Crippen LogP contribution in [-0.4, -0.2) is 29.9 Å². The average molecular weight is 472 g/mol. The van der Waals surface area contributed by atoms with Crippen LogP contribution >= 0.6 is 34.8 Å². The van der Waals surface area contributed by atoms with Gasteiger partial charge in [-0.05, 0) is 43.2 Å². The molecule has 2 atom stereocenters. The van der Waals surface area contributed by atoms with Crippen LogP contribution in [0.4, 0.5) is 5.69 Å². The van der Waals surface area contributed by atoms with E-state index in [1.54, 1.807) is 44.2 Å².